The number of amides is 1. The summed E-state index contributed by atoms with van der Waals surface area (Å²) in [4.78, 5) is 15.6. The first-order valence-corrected chi connectivity index (χ1v) is 18.2. The number of carbonyl (C=O) groups excluding carboxylic acids is 1. The highest BCUT2D eigenvalue weighted by Crippen LogP contribution is 2.34. The van der Waals surface area contributed by atoms with Gasteiger partial charge in [-0.3, -0.25) is 9.69 Å². The van der Waals surface area contributed by atoms with Crippen molar-refractivity contribution < 1.29 is 9.53 Å². The molecular formula is C39H52BrN3O2. The summed E-state index contributed by atoms with van der Waals surface area (Å²) in [6, 6.07) is 15.8. The lowest BCUT2D eigenvalue weighted by Crippen LogP contribution is -2.25. The second-order valence-corrected chi connectivity index (χ2v) is 15.6. The number of nitrogens with zero attached hydrogens (tertiary/aromatic N) is 1. The molecule has 1 amide bonds. The molecule has 1 saturated heterocycles. The third-order valence-electron chi connectivity index (χ3n) is 9.71. The number of hydrogen-bond acceptors (Lipinski definition) is 4. The summed E-state index contributed by atoms with van der Waals surface area (Å²) >= 11 is 4.04. The smallest absolute Gasteiger partial charge is 0.255 e. The summed E-state index contributed by atoms with van der Waals surface area (Å²) in [5, 5.41) is 6.78. The van der Waals surface area contributed by atoms with Gasteiger partial charge in [-0.15, -0.1) is 0 Å². The highest BCUT2D eigenvalue weighted by atomic mass is 79.9. The predicted molar refractivity (Wildman–Crippen MR) is 190 cm³/mol. The summed E-state index contributed by atoms with van der Waals surface area (Å²) in [6.07, 6.45) is 19.8. The van der Waals surface area contributed by atoms with Crippen LogP contribution in [0.15, 0.2) is 60.3 Å². The lowest BCUT2D eigenvalue weighted by atomic mass is 9.87. The van der Waals surface area contributed by atoms with E-state index < -0.39 is 0 Å². The number of likely N-dealkylation sites (tertiary alicyclic amines) is 1. The van der Waals surface area contributed by atoms with Gasteiger partial charge in [0.25, 0.3) is 5.91 Å². The zero-order valence-electron chi connectivity index (χ0n) is 27.2. The Morgan fingerprint density at radius 3 is 2.58 bits per heavy atom. The van der Waals surface area contributed by atoms with Crippen LogP contribution in [0.5, 0.6) is 5.75 Å². The zero-order valence-corrected chi connectivity index (χ0v) is 28.8. The standard InChI is InChI=1S/C39H52BrN3O2/c1-39(40)22-4-2-3-14-35-15-8-11-31(12-9-23-39)28-33(30-41-35)17-16-32-10-7-13-34(29-32)38(44)42-36-18-20-37(21-19-36)45-27-26-43-24-5-6-25-43/h7,10,13,18-21,29-31,35,41H,2-6,8-9,11-12,14-15,22-28H2,1H3,(H,42,44)/b33-30-. The molecule has 0 spiro atoms. The number of ether oxygens (including phenoxy) is 1. The lowest BCUT2D eigenvalue weighted by molar-refractivity contribution is 0.102. The van der Waals surface area contributed by atoms with Crippen LogP contribution in [0.25, 0.3) is 0 Å². The maximum absolute atomic E-state index is 13.1. The molecule has 2 N–H and O–H groups in total. The van der Waals surface area contributed by atoms with Gasteiger partial charge in [-0.2, -0.15) is 0 Å². The molecule has 2 aromatic rings. The SMILES string of the molecule is CC1(Br)CCCCCC2CCCC(CCC1)C/C(C#Cc1cccc(C(=O)Nc3ccc(OCCN4CCCC4)cc3)c1)=C\N2. The van der Waals surface area contributed by atoms with Crippen LogP contribution in [0.3, 0.4) is 0 Å². The van der Waals surface area contributed by atoms with Crippen molar-refractivity contribution in [2.24, 2.45) is 5.92 Å². The second-order valence-electron chi connectivity index (χ2n) is 13.6. The molecule has 0 radical (unpaired) electrons. The number of benzene rings is 2. The molecule has 6 heteroatoms. The van der Waals surface area contributed by atoms with Crippen molar-refractivity contribution in [3.63, 3.8) is 0 Å². The molecule has 2 aromatic carbocycles. The molecule has 2 aliphatic heterocycles. The van der Waals surface area contributed by atoms with Gasteiger partial charge >= 0.3 is 0 Å². The van der Waals surface area contributed by atoms with E-state index >= 15 is 0 Å². The van der Waals surface area contributed by atoms with Gasteiger partial charge in [-0.1, -0.05) is 78.8 Å². The summed E-state index contributed by atoms with van der Waals surface area (Å²) in [5.41, 5.74) is 3.40. The number of hydrogen-bond donors (Lipinski definition) is 2. The van der Waals surface area contributed by atoms with Gasteiger partial charge in [-0.25, -0.2) is 0 Å². The maximum Gasteiger partial charge on any atom is 0.255 e. The Labute approximate surface area is 280 Å². The van der Waals surface area contributed by atoms with E-state index in [2.05, 4.69) is 56.4 Å². The minimum absolute atomic E-state index is 0.135. The van der Waals surface area contributed by atoms with Crippen molar-refractivity contribution in [2.75, 3.05) is 31.6 Å². The average molecular weight is 675 g/mol. The van der Waals surface area contributed by atoms with Crippen molar-refractivity contribution in [1.82, 2.24) is 10.2 Å². The maximum atomic E-state index is 13.1. The van der Waals surface area contributed by atoms with Crippen LogP contribution in [0.1, 0.15) is 113 Å². The number of anilines is 1. The Morgan fingerprint density at radius 1 is 0.956 bits per heavy atom. The molecule has 45 heavy (non-hydrogen) atoms. The highest BCUT2D eigenvalue weighted by Gasteiger charge is 2.22. The fourth-order valence-corrected chi connectivity index (χ4v) is 7.52. The molecule has 1 aliphatic carbocycles. The van der Waals surface area contributed by atoms with Crippen LogP contribution in [-0.4, -0.2) is 47.4 Å². The van der Waals surface area contributed by atoms with Gasteiger partial charge < -0.3 is 15.4 Å². The van der Waals surface area contributed by atoms with Gasteiger partial charge in [0.2, 0.25) is 0 Å². The highest BCUT2D eigenvalue weighted by molar-refractivity contribution is 9.10. The van der Waals surface area contributed by atoms with Gasteiger partial charge in [0.15, 0.2) is 0 Å². The van der Waals surface area contributed by atoms with Crippen molar-refractivity contribution in [3.05, 3.63) is 71.4 Å². The average Bonchev–Trinajstić information content (AvgIpc) is 3.57. The van der Waals surface area contributed by atoms with Crippen LogP contribution in [0.4, 0.5) is 5.69 Å². The van der Waals surface area contributed by atoms with Gasteiger partial charge in [-0.05, 0) is 113 Å². The molecule has 3 unspecified atom stereocenters. The van der Waals surface area contributed by atoms with E-state index in [9.17, 15) is 4.79 Å². The van der Waals surface area contributed by atoms with E-state index in [1.165, 1.54) is 102 Å². The van der Waals surface area contributed by atoms with E-state index in [4.69, 9.17) is 4.74 Å². The zero-order chi connectivity index (χ0) is 31.3. The first-order valence-electron chi connectivity index (χ1n) is 17.4. The lowest BCUT2D eigenvalue weighted by Gasteiger charge is -2.25. The fourth-order valence-electron chi connectivity index (χ4n) is 6.96. The molecule has 5 nitrogen and oxygen atoms in total. The minimum Gasteiger partial charge on any atom is -0.492 e. The number of carbonyl (C=O) groups is 1. The first-order chi connectivity index (χ1) is 21.9. The Bertz CT molecular complexity index is 1320. The summed E-state index contributed by atoms with van der Waals surface area (Å²) in [7, 11) is 0. The molecule has 2 bridgehead atoms. The number of halogens is 1. The molecule has 242 valence electrons. The van der Waals surface area contributed by atoms with E-state index in [1.807, 2.05) is 48.5 Å². The second kappa shape index (κ2) is 17.2. The van der Waals surface area contributed by atoms with Crippen LogP contribution < -0.4 is 15.4 Å². The molecule has 3 atom stereocenters. The van der Waals surface area contributed by atoms with Crippen LogP contribution >= 0.6 is 15.9 Å². The summed E-state index contributed by atoms with van der Waals surface area (Å²) < 4.78 is 6.17. The minimum atomic E-state index is -0.135. The van der Waals surface area contributed by atoms with Crippen molar-refractivity contribution in [1.29, 1.82) is 0 Å². The first kappa shape index (κ1) is 33.6. The van der Waals surface area contributed by atoms with Crippen LogP contribution in [-0.2, 0) is 0 Å². The van der Waals surface area contributed by atoms with E-state index in [0.29, 0.717) is 24.1 Å². The topological polar surface area (TPSA) is 53.6 Å². The monoisotopic (exact) mass is 673 g/mol. The summed E-state index contributed by atoms with van der Waals surface area (Å²) in [5.74, 6) is 8.25. The Kier molecular flexibility index (Phi) is 12.9. The number of alkyl halides is 1. The quantitative estimate of drug-likeness (QED) is 0.237. The van der Waals surface area contributed by atoms with Gasteiger partial charge in [0, 0.05) is 45.5 Å². The van der Waals surface area contributed by atoms with E-state index in [1.54, 1.807) is 0 Å². The van der Waals surface area contributed by atoms with Gasteiger partial charge in [0.1, 0.15) is 12.4 Å². The fraction of sp³-hybridized carbons (Fsp3) is 0.564. The molecule has 2 heterocycles. The molecular weight excluding hydrogens is 622 g/mol. The Balaban J connectivity index is 1.20. The Morgan fingerprint density at radius 2 is 1.73 bits per heavy atom. The van der Waals surface area contributed by atoms with Crippen LogP contribution in [0, 0.1) is 17.8 Å². The molecule has 5 rings (SSSR count). The molecule has 0 aromatic heterocycles. The van der Waals surface area contributed by atoms with E-state index in [-0.39, 0.29) is 10.2 Å². The van der Waals surface area contributed by atoms with Crippen molar-refractivity contribution in [2.45, 2.75) is 107 Å². The summed E-state index contributed by atoms with van der Waals surface area (Å²) in [6.45, 7) is 6.38. The predicted octanol–water partition coefficient (Wildman–Crippen LogP) is 9.09. The number of rotatable bonds is 6. The molecule has 1 saturated carbocycles. The van der Waals surface area contributed by atoms with Gasteiger partial charge in [0.05, 0.1) is 0 Å². The van der Waals surface area contributed by atoms with Crippen molar-refractivity contribution >= 4 is 27.5 Å². The normalized spacial score (nSPS) is 26.1. The van der Waals surface area contributed by atoms with Crippen molar-refractivity contribution in [3.8, 4) is 17.6 Å². The number of nitrogens with one attached hydrogen (secondary N) is 2. The third-order valence-corrected chi connectivity index (χ3v) is 10.5. The van der Waals surface area contributed by atoms with Crippen LogP contribution in [0.2, 0.25) is 0 Å². The molecule has 3 aliphatic rings. The number of fused-ring (bicyclic) bond motifs is 4. The number of allylic oxidation sites excluding steroid dienone is 1. The Hall–Kier alpha value is -2.75. The largest absolute Gasteiger partial charge is 0.492 e. The van der Waals surface area contributed by atoms with E-state index in [0.717, 1.165) is 30.0 Å². The third kappa shape index (κ3) is 11.5. The molecule has 2 fully saturated rings.